The van der Waals surface area contributed by atoms with Gasteiger partial charge in [0.15, 0.2) is 0 Å². The van der Waals surface area contributed by atoms with Crippen molar-refractivity contribution in [1.82, 2.24) is 4.72 Å². The summed E-state index contributed by atoms with van der Waals surface area (Å²) in [5, 5.41) is 0. The van der Waals surface area contributed by atoms with Gasteiger partial charge < -0.3 is 5.73 Å². The minimum atomic E-state index is -4.81. The highest BCUT2D eigenvalue weighted by atomic mass is 32.2. The molecule has 0 aliphatic heterocycles. The van der Waals surface area contributed by atoms with Crippen molar-refractivity contribution in [2.45, 2.75) is 30.5 Å². The Kier molecular flexibility index (Phi) is 5.67. The summed E-state index contributed by atoms with van der Waals surface area (Å²) in [5.74, 6) is -0.688. The number of alkyl halides is 3. The van der Waals surface area contributed by atoms with Crippen LogP contribution in [0, 0.1) is 0 Å². The Bertz CT molecular complexity index is 775. The largest absolute Gasteiger partial charge is 0.418 e. The molecule has 0 radical (unpaired) electrons. The van der Waals surface area contributed by atoms with Crippen molar-refractivity contribution < 1.29 is 34.6 Å². The molecule has 1 atom stereocenters. The first kappa shape index (κ1) is 19.7. The summed E-state index contributed by atoms with van der Waals surface area (Å²) in [4.78, 5) is -0.655. The summed E-state index contributed by atoms with van der Waals surface area (Å²) < 4.78 is 94.1. The molecule has 0 saturated heterocycles. The highest BCUT2D eigenvalue weighted by Crippen LogP contribution is 2.34. The summed E-state index contributed by atoms with van der Waals surface area (Å²) in [7, 11) is -8.58. The number of halogens is 3. The minimum absolute atomic E-state index is 0.251. The smallest absolute Gasteiger partial charge is 0.398 e. The molecule has 4 N–H and O–H groups in total. The molecule has 0 heterocycles. The average Bonchev–Trinajstić information content (AvgIpc) is 2.34. The maximum atomic E-state index is 12.7. The van der Waals surface area contributed by atoms with Gasteiger partial charge in [0.25, 0.3) is 10.1 Å². The van der Waals surface area contributed by atoms with Crippen LogP contribution in [0.15, 0.2) is 23.1 Å². The molecule has 1 aromatic carbocycles. The summed E-state index contributed by atoms with van der Waals surface area (Å²) >= 11 is 0. The molecule has 0 fully saturated rings. The predicted molar refractivity (Wildman–Crippen MR) is 76.7 cm³/mol. The molecule has 1 rings (SSSR count). The number of anilines is 1. The van der Waals surface area contributed by atoms with Crippen molar-refractivity contribution in [2.24, 2.45) is 0 Å². The third-order valence-electron chi connectivity index (χ3n) is 2.81. The highest BCUT2D eigenvalue weighted by molar-refractivity contribution is 7.89. The van der Waals surface area contributed by atoms with Crippen LogP contribution in [0.1, 0.15) is 18.9 Å². The monoisotopic (exact) mass is 376 g/mol. The molecule has 1 unspecified atom stereocenters. The van der Waals surface area contributed by atoms with Gasteiger partial charge in [0, 0.05) is 11.7 Å². The maximum absolute atomic E-state index is 12.7. The van der Waals surface area contributed by atoms with Gasteiger partial charge >= 0.3 is 6.18 Å². The van der Waals surface area contributed by atoms with E-state index >= 15 is 0 Å². The van der Waals surface area contributed by atoms with E-state index in [1.807, 2.05) is 4.72 Å². The summed E-state index contributed by atoms with van der Waals surface area (Å²) in [6, 6.07) is 1.20. The zero-order valence-electron chi connectivity index (χ0n) is 11.8. The molecule has 0 amide bonds. The normalized spacial score (nSPS) is 14.7. The van der Waals surface area contributed by atoms with Crippen molar-refractivity contribution in [3.8, 4) is 0 Å². The Balaban J connectivity index is 3.01. The molecule has 0 aliphatic rings. The SMILES string of the molecule is CC(CCS(=O)(=O)O)NS(=O)(=O)c1ccc(N)c(C(F)(F)F)c1. The first-order valence-corrected chi connectivity index (χ1v) is 9.26. The molecule has 12 heteroatoms. The molecule has 0 aromatic heterocycles. The molecule has 7 nitrogen and oxygen atoms in total. The fraction of sp³-hybridized carbons (Fsp3) is 0.455. The predicted octanol–water partition coefficient (Wildman–Crippen LogP) is 1.23. The van der Waals surface area contributed by atoms with Crippen molar-refractivity contribution in [3.05, 3.63) is 23.8 Å². The lowest BCUT2D eigenvalue weighted by atomic mass is 10.2. The molecular formula is C11H15F3N2O5S2. The molecule has 0 saturated carbocycles. The van der Waals surface area contributed by atoms with Crippen LogP contribution < -0.4 is 10.5 Å². The Morgan fingerprint density at radius 1 is 1.26 bits per heavy atom. The van der Waals surface area contributed by atoms with Crippen LogP contribution in [0.4, 0.5) is 18.9 Å². The minimum Gasteiger partial charge on any atom is -0.398 e. The second-order valence-electron chi connectivity index (χ2n) is 4.84. The summed E-state index contributed by atoms with van der Waals surface area (Å²) in [5.41, 5.74) is 3.28. The van der Waals surface area contributed by atoms with Crippen LogP contribution in [0.2, 0.25) is 0 Å². The van der Waals surface area contributed by atoms with E-state index in [9.17, 15) is 30.0 Å². The van der Waals surface area contributed by atoms with Crippen LogP contribution in [-0.2, 0) is 26.3 Å². The van der Waals surface area contributed by atoms with Crippen molar-refractivity contribution in [2.75, 3.05) is 11.5 Å². The quantitative estimate of drug-likeness (QED) is 0.506. The second kappa shape index (κ2) is 6.63. The van der Waals surface area contributed by atoms with Gasteiger partial charge in [0.1, 0.15) is 0 Å². The highest BCUT2D eigenvalue weighted by Gasteiger charge is 2.34. The van der Waals surface area contributed by atoms with Crippen LogP contribution in [-0.4, -0.2) is 33.2 Å². The number of nitrogens with two attached hydrogens (primary N) is 1. The van der Waals surface area contributed by atoms with Crippen LogP contribution in [0.5, 0.6) is 0 Å². The van der Waals surface area contributed by atoms with Gasteiger partial charge in [-0.05, 0) is 31.5 Å². The van der Waals surface area contributed by atoms with Gasteiger partial charge in [0.05, 0.1) is 16.2 Å². The lowest BCUT2D eigenvalue weighted by Crippen LogP contribution is -2.34. The molecule has 0 bridgehead atoms. The first-order valence-electron chi connectivity index (χ1n) is 6.16. The second-order valence-corrected chi connectivity index (χ2v) is 8.13. The lowest BCUT2D eigenvalue weighted by molar-refractivity contribution is -0.137. The van der Waals surface area contributed by atoms with Gasteiger partial charge in [-0.3, -0.25) is 4.55 Å². The van der Waals surface area contributed by atoms with E-state index < -0.39 is 54.3 Å². The fourth-order valence-corrected chi connectivity index (χ4v) is 3.62. The van der Waals surface area contributed by atoms with Gasteiger partial charge in [-0.25, -0.2) is 13.1 Å². The average molecular weight is 376 g/mol. The zero-order chi connectivity index (χ0) is 18.1. The van der Waals surface area contributed by atoms with Gasteiger partial charge in [-0.2, -0.15) is 21.6 Å². The zero-order valence-corrected chi connectivity index (χ0v) is 13.5. The fourth-order valence-electron chi connectivity index (χ4n) is 1.67. The Morgan fingerprint density at radius 3 is 2.30 bits per heavy atom. The van der Waals surface area contributed by atoms with E-state index in [0.29, 0.717) is 6.07 Å². The summed E-state index contributed by atoms with van der Waals surface area (Å²) in [6.07, 6.45) is -5.06. The van der Waals surface area contributed by atoms with Crippen LogP contribution >= 0.6 is 0 Å². The standard InChI is InChI=1S/C11H15F3N2O5S2/c1-7(4-5-22(17,18)19)16-23(20,21)8-2-3-10(15)9(6-8)11(12,13)14/h2-3,6-7,16H,4-5,15H2,1H3,(H,17,18,19). The summed E-state index contributed by atoms with van der Waals surface area (Å²) in [6.45, 7) is 1.31. The van der Waals surface area contributed by atoms with Crippen molar-refractivity contribution >= 4 is 25.8 Å². The lowest BCUT2D eigenvalue weighted by Gasteiger charge is -2.15. The Labute approximate surface area is 131 Å². The van der Waals surface area contributed by atoms with E-state index in [4.69, 9.17) is 10.3 Å². The number of rotatable bonds is 6. The van der Waals surface area contributed by atoms with E-state index in [0.717, 1.165) is 12.1 Å². The molecule has 0 spiro atoms. The number of benzene rings is 1. The molecule has 132 valence electrons. The Morgan fingerprint density at radius 2 is 1.83 bits per heavy atom. The number of hydrogen-bond donors (Lipinski definition) is 3. The molecule has 1 aromatic rings. The van der Waals surface area contributed by atoms with E-state index in [1.54, 1.807) is 0 Å². The van der Waals surface area contributed by atoms with E-state index in [-0.39, 0.29) is 6.42 Å². The topological polar surface area (TPSA) is 127 Å². The van der Waals surface area contributed by atoms with Crippen molar-refractivity contribution in [3.63, 3.8) is 0 Å². The maximum Gasteiger partial charge on any atom is 0.418 e. The van der Waals surface area contributed by atoms with Gasteiger partial charge in [-0.15, -0.1) is 0 Å². The van der Waals surface area contributed by atoms with Gasteiger partial charge in [0.2, 0.25) is 10.0 Å². The van der Waals surface area contributed by atoms with Crippen LogP contribution in [0.3, 0.4) is 0 Å². The first-order chi connectivity index (χ1) is 10.2. The number of hydrogen-bond acceptors (Lipinski definition) is 5. The van der Waals surface area contributed by atoms with Gasteiger partial charge in [-0.1, -0.05) is 0 Å². The van der Waals surface area contributed by atoms with E-state index in [1.165, 1.54) is 6.92 Å². The number of sulfonamides is 1. The van der Waals surface area contributed by atoms with Crippen molar-refractivity contribution in [1.29, 1.82) is 0 Å². The molecule has 23 heavy (non-hydrogen) atoms. The number of nitrogen functional groups attached to an aromatic ring is 1. The molecule has 0 aliphatic carbocycles. The third-order valence-corrected chi connectivity index (χ3v) is 5.14. The molecular weight excluding hydrogens is 361 g/mol. The number of nitrogens with one attached hydrogen (secondary N) is 1. The Hall–Kier alpha value is -1.37. The third kappa shape index (κ3) is 5.97. The van der Waals surface area contributed by atoms with Crippen LogP contribution in [0.25, 0.3) is 0 Å². The van der Waals surface area contributed by atoms with E-state index in [2.05, 4.69) is 0 Å².